The van der Waals surface area contributed by atoms with Gasteiger partial charge in [-0.25, -0.2) is 0 Å². The summed E-state index contributed by atoms with van der Waals surface area (Å²) in [7, 11) is 0. The highest BCUT2D eigenvalue weighted by Gasteiger charge is 2.17. The summed E-state index contributed by atoms with van der Waals surface area (Å²) in [6.45, 7) is 1.02. The van der Waals surface area contributed by atoms with Crippen LogP contribution in [0.5, 0.6) is 0 Å². The second kappa shape index (κ2) is 4.17. The van der Waals surface area contributed by atoms with Crippen molar-refractivity contribution in [2.45, 2.75) is 32.2 Å². The van der Waals surface area contributed by atoms with E-state index < -0.39 is 0 Å². The van der Waals surface area contributed by atoms with Crippen LogP contribution in [0.4, 0.5) is 0 Å². The Kier molecular flexibility index (Phi) is 3.14. The molecule has 0 radical (unpaired) electrons. The summed E-state index contributed by atoms with van der Waals surface area (Å²) in [4.78, 5) is 0. The van der Waals surface area contributed by atoms with E-state index in [0.29, 0.717) is 0 Å². The van der Waals surface area contributed by atoms with Gasteiger partial charge in [-0.2, -0.15) is 5.10 Å². The summed E-state index contributed by atoms with van der Waals surface area (Å²) < 4.78 is 2.87. The lowest BCUT2D eigenvalue weighted by molar-refractivity contribution is 0.278. The third-order valence-electron chi connectivity index (χ3n) is 2.67. The van der Waals surface area contributed by atoms with Crippen LogP contribution in [0.25, 0.3) is 0 Å². The number of halogens is 2. The Balaban J connectivity index is 1.86. The van der Waals surface area contributed by atoms with Gasteiger partial charge in [0, 0.05) is 12.7 Å². The second-order valence-electron chi connectivity index (χ2n) is 3.62. The Bertz CT molecular complexity index is 274. The second-order valence-corrected chi connectivity index (χ2v) is 5.05. The minimum absolute atomic E-state index is 0.772. The summed E-state index contributed by atoms with van der Waals surface area (Å²) in [6, 6.07) is 0. The maximum absolute atomic E-state index is 5.90. The van der Waals surface area contributed by atoms with Gasteiger partial charge in [-0.3, -0.25) is 4.68 Å². The number of hydrogen-bond donors (Lipinski definition) is 0. The fraction of sp³-hybridized carbons (Fsp3) is 0.667. The van der Waals surface area contributed by atoms with Crippen LogP contribution in [0.1, 0.15) is 25.7 Å². The minimum atomic E-state index is 0.772. The Labute approximate surface area is 96.8 Å². The molecule has 0 amide bonds. The lowest BCUT2D eigenvalue weighted by Crippen LogP contribution is -2.14. The van der Waals surface area contributed by atoms with E-state index in [-0.39, 0.29) is 0 Å². The first-order valence-corrected chi connectivity index (χ1v) is 6.10. The van der Waals surface area contributed by atoms with Crippen LogP contribution in [0, 0.1) is 9.62 Å². The third kappa shape index (κ3) is 2.37. The molecular weight excluding hydrogens is 298 g/mol. The molecule has 0 saturated heterocycles. The molecule has 2 rings (SSSR count). The molecule has 13 heavy (non-hydrogen) atoms. The van der Waals surface area contributed by atoms with Gasteiger partial charge in [0.2, 0.25) is 0 Å². The number of rotatable bonds is 3. The van der Waals surface area contributed by atoms with Crippen molar-refractivity contribution in [3.05, 3.63) is 14.9 Å². The molecule has 0 aromatic carbocycles. The number of nitrogens with zero attached hydrogens (tertiary/aromatic N) is 2. The monoisotopic (exact) mass is 310 g/mol. The first-order valence-electron chi connectivity index (χ1n) is 4.64. The molecule has 1 saturated carbocycles. The van der Waals surface area contributed by atoms with E-state index >= 15 is 0 Å². The predicted molar refractivity (Wildman–Crippen MR) is 61.9 cm³/mol. The molecule has 4 heteroatoms. The molecule has 0 aliphatic heterocycles. The lowest BCUT2D eigenvalue weighted by Gasteiger charge is -2.24. The smallest absolute Gasteiger partial charge is 0.141 e. The Morgan fingerprint density at radius 2 is 2.38 bits per heavy atom. The molecule has 1 aliphatic rings. The fourth-order valence-corrected chi connectivity index (χ4v) is 2.15. The van der Waals surface area contributed by atoms with E-state index in [4.69, 9.17) is 11.6 Å². The largest absolute Gasteiger partial charge is 0.270 e. The first kappa shape index (κ1) is 9.77. The molecule has 1 fully saturated rings. The van der Waals surface area contributed by atoms with Gasteiger partial charge in [-0.1, -0.05) is 30.9 Å². The normalized spacial score (nSPS) is 17.4. The lowest BCUT2D eigenvalue weighted by atomic mass is 9.83. The van der Waals surface area contributed by atoms with Crippen molar-refractivity contribution in [1.29, 1.82) is 0 Å². The number of hydrogen-bond acceptors (Lipinski definition) is 1. The Morgan fingerprint density at radius 1 is 1.62 bits per heavy atom. The van der Waals surface area contributed by atoms with Crippen molar-refractivity contribution in [2.24, 2.45) is 5.92 Å². The van der Waals surface area contributed by atoms with Crippen LogP contribution in [-0.4, -0.2) is 9.78 Å². The van der Waals surface area contributed by atoms with Crippen LogP contribution >= 0.6 is 34.2 Å². The minimum Gasteiger partial charge on any atom is -0.270 e. The van der Waals surface area contributed by atoms with E-state index in [9.17, 15) is 0 Å². The Hall–Kier alpha value is 0.230. The van der Waals surface area contributed by atoms with Gasteiger partial charge in [0.05, 0.1) is 5.02 Å². The SMILES string of the molecule is Clc1cn(CCC2CCC2)nc1I. The third-order valence-corrected chi connectivity index (χ3v) is 4.06. The van der Waals surface area contributed by atoms with Crippen molar-refractivity contribution in [3.63, 3.8) is 0 Å². The zero-order chi connectivity index (χ0) is 9.26. The zero-order valence-corrected chi connectivity index (χ0v) is 10.3. The van der Waals surface area contributed by atoms with E-state index in [2.05, 4.69) is 27.7 Å². The molecule has 1 aromatic rings. The molecule has 1 aliphatic carbocycles. The van der Waals surface area contributed by atoms with Crippen molar-refractivity contribution in [2.75, 3.05) is 0 Å². The molecule has 1 aromatic heterocycles. The highest BCUT2D eigenvalue weighted by atomic mass is 127. The highest BCUT2D eigenvalue weighted by Crippen LogP contribution is 2.29. The van der Waals surface area contributed by atoms with Gasteiger partial charge >= 0.3 is 0 Å². The molecule has 72 valence electrons. The van der Waals surface area contributed by atoms with E-state index in [1.165, 1.54) is 25.7 Å². The van der Waals surface area contributed by atoms with Gasteiger partial charge in [0.15, 0.2) is 0 Å². The summed E-state index contributed by atoms with van der Waals surface area (Å²) >= 11 is 8.06. The molecule has 1 heterocycles. The van der Waals surface area contributed by atoms with Crippen LogP contribution in [-0.2, 0) is 6.54 Å². The van der Waals surface area contributed by atoms with Crippen molar-refractivity contribution >= 4 is 34.2 Å². The molecule has 0 N–H and O–H groups in total. The zero-order valence-electron chi connectivity index (χ0n) is 7.34. The van der Waals surface area contributed by atoms with Gasteiger partial charge in [0.25, 0.3) is 0 Å². The Morgan fingerprint density at radius 3 is 2.85 bits per heavy atom. The first-order chi connectivity index (χ1) is 6.25. The summed E-state index contributed by atoms with van der Waals surface area (Å²) in [5, 5.41) is 5.08. The summed E-state index contributed by atoms with van der Waals surface area (Å²) in [5.41, 5.74) is 0. The van der Waals surface area contributed by atoms with E-state index in [1.807, 2.05) is 10.9 Å². The molecule has 0 unspecified atom stereocenters. The van der Waals surface area contributed by atoms with Crippen LogP contribution in [0.2, 0.25) is 5.02 Å². The van der Waals surface area contributed by atoms with Crippen LogP contribution in [0.15, 0.2) is 6.20 Å². The van der Waals surface area contributed by atoms with E-state index in [1.54, 1.807) is 0 Å². The van der Waals surface area contributed by atoms with Crippen molar-refractivity contribution in [3.8, 4) is 0 Å². The highest BCUT2D eigenvalue weighted by molar-refractivity contribution is 14.1. The van der Waals surface area contributed by atoms with Gasteiger partial charge in [-0.15, -0.1) is 0 Å². The van der Waals surface area contributed by atoms with E-state index in [0.717, 1.165) is 21.2 Å². The topological polar surface area (TPSA) is 17.8 Å². The number of aromatic nitrogens is 2. The standard InChI is InChI=1S/C9H12ClIN2/c10-8-6-13(12-9(8)11)5-4-7-2-1-3-7/h6-7H,1-5H2. The average Bonchev–Trinajstić information content (AvgIpc) is 2.28. The maximum atomic E-state index is 5.90. The quantitative estimate of drug-likeness (QED) is 0.783. The average molecular weight is 311 g/mol. The van der Waals surface area contributed by atoms with Crippen molar-refractivity contribution < 1.29 is 0 Å². The molecule has 0 atom stereocenters. The molecular formula is C9H12ClIN2. The summed E-state index contributed by atoms with van der Waals surface area (Å²) in [6.07, 6.45) is 7.41. The maximum Gasteiger partial charge on any atom is 0.141 e. The van der Waals surface area contributed by atoms with Crippen LogP contribution in [0.3, 0.4) is 0 Å². The summed E-state index contributed by atoms with van der Waals surface area (Å²) in [5.74, 6) is 0.945. The van der Waals surface area contributed by atoms with Gasteiger partial charge < -0.3 is 0 Å². The molecule has 0 spiro atoms. The molecule has 2 nitrogen and oxygen atoms in total. The molecule has 0 bridgehead atoms. The predicted octanol–water partition coefficient (Wildman–Crippen LogP) is 3.33. The van der Waals surface area contributed by atoms with Crippen molar-refractivity contribution in [1.82, 2.24) is 9.78 Å². The van der Waals surface area contributed by atoms with Gasteiger partial charge in [0.1, 0.15) is 3.70 Å². The van der Waals surface area contributed by atoms with Gasteiger partial charge in [-0.05, 0) is 34.9 Å². The fourth-order valence-electron chi connectivity index (χ4n) is 1.58. The number of aryl methyl sites for hydroxylation is 1. The van der Waals surface area contributed by atoms with Crippen LogP contribution < -0.4 is 0 Å².